The van der Waals surface area contributed by atoms with Crippen LogP contribution in [0, 0.1) is 6.92 Å². The van der Waals surface area contributed by atoms with Gasteiger partial charge in [0.2, 0.25) is 0 Å². The number of hydrogen-bond donors (Lipinski definition) is 0. The number of methoxy groups -OCH3 is 1. The lowest BCUT2D eigenvalue weighted by atomic mass is 10.1. The number of rotatable bonds is 9. The number of carbonyl (C=O) groups excluding carboxylic acids is 1. The molecule has 0 aliphatic carbocycles. The standard InChI is InChI=1S/C22H24N2O3S/c1-17-8-6-7-11-20(17)22(25)24(12-13-26-2)14-18-16-28-21(23-18)15-27-19-9-4-3-5-10-19/h3-11,16H,12-15H2,1-2H3. The van der Waals surface area contributed by atoms with Crippen molar-refractivity contribution in [3.8, 4) is 5.75 Å². The number of nitrogens with zero attached hydrogens (tertiary/aromatic N) is 2. The van der Waals surface area contributed by atoms with E-state index in [4.69, 9.17) is 9.47 Å². The van der Waals surface area contributed by atoms with Crippen LogP contribution in [0.3, 0.4) is 0 Å². The fourth-order valence-electron chi connectivity index (χ4n) is 2.78. The van der Waals surface area contributed by atoms with Crippen molar-refractivity contribution in [2.24, 2.45) is 0 Å². The zero-order valence-corrected chi connectivity index (χ0v) is 16.9. The molecule has 5 nitrogen and oxygen atoms in total. The topological polar surface area (TPSA) is 51.7 Å². The minimum absolute atomic E-state index is 0.00904. The van der Waals surface area contributed by atoms with Crippen LogP contribution in [-0.4, -0.2) is 36.1 Å². The summed E-state index contributed by atoms with van der Waals surface area (Å²) in [5.74, 6) is 0.806. The van der Waals surface area contributed by atoms with Gasteiger partial charge in [-0.3, -0.25) is 4.79 Å². The van der Waals surface area contributed by atoms with Gasteiger partial charge in [-0.05, 0) is 30.7 Å². The molecule has 0 N–H and O–H groups in total. The Kier molecular flexibility index (Phi) is 7.17. The first-order valence-corrected chi connectivity index (χ1v) is 10.0. The van der Waals surface area contributed by atoms with Crippen molar-refractivity contribution >= 4 is 17.2 Å². The predicted molar refractivity (Wildman–Crippen MR) is 111 cm³/mol. The number of thiazole rings is 1. The third-order valence-electron chi connectivity index (χ3n) is 4.29. The Morgan fingerprint density at radius 3 is 2.61 bits per heavy atom. The largest absolute Gasteiger partial charge is 0.486 e. The highest BCUT2D eigenvalue weighted by atomic mass is 32.1. The number of hydrogen-bond acceptors (Lipinski definition) is 5. The fraction of sp³-hybridized carbons (Fsp3) is 0.273. The van der Waals surface area contributed by atoms with E-state index in [1.54, 1.807) is 12.0 Å². The van der Waals surface area contributed by atoms with Crippen molar-refractivity contribution in [2.75, 3.05) is 20.3 Å². The molecule has 0 aliphatic rings. The van der Waals surface area contributed by atoms with E-state index in [9.17, 15) is 4.79 Å². The second-order valence-corrected chi connectivity index (χ2v) is 7.31. The van der Waals surface area contributed by atoms with Crippen molar-refractivity contribution in [3.63, 3.8) is 0 Å². The monoisotopic (exact) mass is 396 g/mol. The molecule has 6 heteroatoms. The molecule has 0 saturated heterocycles. The maximum Gasteiger partial charge on any atom is 0.254 e. The average Bonchev–Trinajstić information content (AvgIpc) is 3.17. The van der Waals surface area contributed by atoms with Gasteiger partial charge in [0, 0.05) is 24.6 Å². The average molecular weight is 397 g/mol. The van der Waals surface area contributed by atoms with E-state index >= 15 is 0 Å². The van der Waals surface area contributed by atoms with E-state index < -0.39 is 0 Å². The van der Waals surface area contributed by atoms with Gasteiger partial charge in [-0.1, -0.05) is 36.4 Å². The number of para-hydroxylation sites is 1. The first-order valence-electron chi connectivity index (χ1n) is 9.12. The van der Waals surface area contributed by atoms with Gasteiger partial charge in [0.15, 0.2) is 0 Å². The van der Waals surface area contributed by atoms with Gasteiger partial charge in [0.1, 0.15) is 17.4 Å². The van der Waals surface area contributed by atoms with Crippen LogP contribution in [0.15, 0.2) is 60.0 Å². The van der Waals surface area contributed by atoms with Crippen LogP contribution >= 0.6 is 11.3 Å². The lowest BCUT2D eigenvalue weighted by Gasteiger charge is -2.22. The van der Waals surface area contributed by atoms with E-state index in [1.165, 1.54) is 11.3 Å². The van der Waals surface area contributed by atoms with E-state index in [0.29, 0.717) is 31.9 Å². The van der Waals surface area contributed by atoms with Crippen LogP contribution in [0.2, 0.25) is 0 Å². The second kappa shape index (κ2) is 10.0. The van der Waals surface area contributed by atoms with Gasteiger partial charge in [0.25, 0.3) is 5.91 Å². The van der Waals surface area contributed by atoms with Gasteiger partial charge >= 0.3 is 0 Å². The van der Waals surface area contributed by atoms with Crippen LogP contribution in [-0.2, 0) is 17.9 Å². The number of ether oxygens (including phenoxy) is 2. The molecule has 3 rings (SSSR count). The number of amides is 1. The summed E-state index contributed by atoms with van der Waals surface area (Å²) in [6.45, 7) is 3.79. The number of carbonyl (C=O) groups is 1. The van der Waals surface area contributed by atoms with Gasteiger partial charge < -0.3 is 14.4 Å². The Morgan fingerprint density at radius 1 is 1.11 bits per heavy atom. The first kappa shape index (κ1) is 20.0. The first-order chi connectivity index (χ1) is 13.7. The van der Waals surface area contributed by atoms with Crippen molar-refractivity contribution in [1.29, 1.82) is 0 Å². The quantitative estimate of drug-likeness (QED) is 0.541. The molecule has 1 amide bonds. The third kappa shape index (κ3) is 5.41. The summed E-state index contributed by atoms with van der Waals surface area (Å²) < 4.78 is 10.9. The molecular formula is C22H24N2O3S. The van der Waals surface area contributed by atoms with Crippen LogP contribution in [0.5, 0.6) is 5.75 Å². The van der Waals surface area contributed by atoms with Gasteiger partial charge in [-0.25, -0.2) is 4.98 Å². The molecular weight excluding hydrogens is 372 g/mol. The molecule has 0 fully saturated rings. The summed E-state index contributed by atoms with van der Waals surface area (Å²) in [5.41, 5.74) is 2.53. The van der Waals surface area contributed by atoms with Gasteiger partial charge in [0.05, 0.1) is 18.8 Å². The number of benzene rings is 2. The molecule has 1 aromatic heterocycles. The summed E-state index contributed by atoms with van der Waals surface area (Å²) >= 11 is 1.54. The molecule has 0 aliphatic heterocycles. The highest BCUT2D eigenvalue weighted by Gasteiger charge is 2.19. The third-order valence-corrected chi connectivity index (χ3v) is 5.16. The molecule has 0 atom stereocenters. The molecule has 0 radical (unpaired) electrons. The molecule has 1 heterocycles. The molecule has 3 aromatic rings. The smallest absolute Gasteiger partial charge is 0.254 e. The van der Waals surface area contributed by atoms with Gasteiger partial charge in [-0.15, -0.1) is 11.3 Å². The van der Waals surface area contributed by atoms with Crippen LogP contribution in [0.25, 0.3) is 0 Å². The maximum absolute atomic E-state index is 13.0. The SMILES string of the molecule is COCCN(Cc1csc(COc2ccccc2)n1)C(=O)c1ccccc1C. The molecule has 0 saturated carbocycles. The normalized spacial score (nSPS) is 10.6. The van der Waals surface area contributed by atoms with Crippen LogP contribution in [0.4, 0.5) is 0 Å². The summed E-state index contributed by atoms with van der Waals surface area (Å²) in [6.07, 6.45) is 0. The number of aryl methyl sites for hydroxylation is 1. The summed E-state index contributed by atoms with van der Waals surface area (Å²) in [4.78, 5) is 19.4. The summed E-state index contributed by atoms with van der Waals surface area (Å²) in [7, 11) is 1.64. The Balaban J connectivity index is 1.67. The Hall–Kier alpha value is -2.70. The van der Waals surface area contributed by atoms with Crippen molar-refractivity contribution < 1.29 is 14.3 Å². The van der Waals surface area contributed by atoms with E-state index in [-0.39, 0.29) is 5.91 Å². The minimum Gasteiger partial charge on any atom is -0.486 e. The molecule has 0 unspecified atom stereocenters. The Morgan fingerprint density at radius 2 is 1.86 bits per heavy atom. The Bertz CT molecular complexity index is 896. The maximum atomic E-state index is 13.0. The lowest BCUT2D eigenvalue weighted by molar-refractivity contribution is 0.0677. The highest BCUT2D eigenvalue weighted by molar-refractivity contribution is 7.09. The van der Waals surface area contributed by atoms with Crippen LogP contribution in [0.1, 0.15) is 26.6 Å². The zero-order chi connectivity index (χ0) is 19.8. The minimum atomic E-state index is -0.00904. The predicted octanol–water partition coefficient (Wildman–Crippen LogP) is 4.32. The molecule has 28 heavy (non-hydrogen) atoms. The fourth-order valence-corrected chi connectivity index (χ4v) is 3.48. The Labute approximate surface area is 169 Å². The summed E-state index contributed by atoms with van der Waals surface area (Å²) in [6, 6.07) is 17.3. The molecule has 146 valence electrons. The van der Waals surface area contributed by atoms with Crippen molar-refractivity contribution in [2.45, 2.75) is 20.1 Å². The van der Waals surface area contributed by atoms with Crippen molar-refractivity contribution in [3.05, 3.63) is 81.8 Å². The summed E-state index contributed by atoms with van der Waals surface area (Å²) in [5, 5.41) is 2.86. The van der Waals surface area contributed by atoms with Crippen LogP contribution < -0.4 is 4.74 Å². The molecule has 2 aromatic carbocycles. The second-order valence-electron chi connectivity index (χ2n) is 6.37. The molecule has 0 bridgehead atoms. The number of aromatic nitrogens is 1. The van der Waals surface area contributed by atoms with Gasteiger partial charge in [-0.2, -0.15) is 0 Å². The lowest BCUT2D eigenvalue weighted by Crippen LogP contribution is -2.34. The van der Waals surface area contributed by atoms with Crippen molar-refractivity contribution in [1.82, 2.24) is 9.88 Å². The van der Waals surface area contributed by atoms with E-state index in [2.05, 4.69) is 4.98 Å². The van der Waals surface area contributed by atoms with E-state index in [1.807, 2.05) is 66.9 Å². The highest BCUT2D eigenvalue weighted by Crippen LogP contribution is 2.18. The van der Waals surface area contributed by atoms with E-state index in [0.717, 1.165) is 22.0 Å². The molecule has 0 spiro atoms. The zero-order valence-electron chi connectivity index (χ0n) is 16.1.